The highest BCUT2D eigenvalue weighted by Crippen LogP contribution is 2.46. The number of fused-ring (bicyclic) bond motifs is 6. The van der Waals surface area contributed by atoms with Crippen molar-refractivity contribution in [3.05, 3.63) is 200 Å². The number of rotatable bonds is 6. The smallest absolute Gasteiger partial charge is 0.160 e. The van der Waals surface area contributed by atoms with Crippen molar-refractivity contribution in [1.29, 1.82) is 0 Å². The van der Waals surface area contributed by atoms with Crippen molar-refractivity contribution in [1.82, 2.24) is 15.0 Å². The second-order valence-electron chi connectivity index (χ2n) is 14.3. The van der Waals surface area contributed by atoms with E-state index in [9.17, 15) is 0 Å². The number of furan rings is 1. The zero-order valence-corrected chi connectivity index (χ0v) is 30.8. The van der Waals surface area contributed by atoms with Gasteiger partial charge in [-0.2, -0.15) is 0 Å². The second-order valence-corrected chi connectivity index (χ2v) is 14.3. The SMILES string of the molecule is c1ccc(-c2cc(-c3ccccc3)nc(-c3cccc(-c4cccc(-c5nc6ccccc6c6c(-c7ccccc7)c7c(cc56)oc5ccccc57)c4)c3)n2)cc1. The number of hydrogen-bond acceptors (Lipinski definition) is 4. The van der Waals surface area contributed by atoms with Gasteiger partial charge in [-0.1, -0.05) is 164 Å². The van der Waals surface area contributed by atoms with Gasteiger partial charge >= 0.3 is 0 Å². The third-order valence-electron chi connectivity index (χ3n) is 10.8. The lowest BCUT2D eigenvalue weighted by Crippen LogP contribution is -1.96. The summed E-state index contributed by atoms with van der Waals surface area (Å²) in [5, 5.41) is 5.54. The lowest BCUT2D eigenvalue weighted by atomic mass is 9.89. The highest BCUT2D eigenvalue weighted by molar-refractivity contribution is 6.27. The van der Waals surface area contributed by atoms with Crippen LogP contribution in [0.5, 0.6) is 0 Å². The Morgan fingerprint density at radius 3 is 1.53 bits per heavy atom. The molecule has 0 amide bonds. The van der Waals surface area contributed by atoms with E-state index in [0.717, 1.165) is 105 Å². The van der Waals surface area contributed by atoms with E-state index in [-0.39, 0.29) is 0 Å². The zero-order chi connectivity index (χ0) is 37.7. The van der Waals surface area contributed by atoms with Gasteiger partial charge in [0.15, 0.2) is 5.82 Å². The van der Waals surface area contributed by atoms with Gasteiger partial charge in [-0.15, -0.1) is 0 Å². The molecule has 0 bridgehead atoms. The third kappa shape index (κ3) is 5.74. The summed E-state index contributed by atoms with van der Waals surface area (Å²) in [6, 6.07) is 69.6. The lowest BCUT2D eigenvalue weighted by Gasteiger charge is -2.16. The van der Waals surface area contributed by atoms with Crippen LogP contribution in [-0.2, 0) is 0 Å². The molecule has 0 saturated heterocycles. The van der Waals surface area contributed by atoms with Gasteiger partial charge in [-0.25, -0.2) is 15.0 Å². The van der Waals surface area contributed by atoms with E-state index < -0.39 is 0 Å². The molecule has 11 aromatic rings. The van der Waals surface area contributed by atoms with Crippen LogP contribution in [0.2, 0.25) is 0 Å². The molecule has 0 N–H and O–H groups in total. The van der Waals surface area contributed by atoms with Crippen LogP contribution in [0.15, 0.2) is 205 Å². The maximum atomic E-state index is 6.61. The molecule has 8 aromatic carbocycles. The number of aromatic nitrogens is 3. The minimum atomic E-state index is 0.679. The summed E-state index contributed by atoms with van der Waals surface area (Å²) < 4.78 is 6.61. The normalized spacial score (nSPS) is 11.5. The van der Waals surface area contributed by atoms with Crippen LogP contribution in [-0.4, -0.2) is 15.0 Å². The van der Waals surface area contributed by atoms with Gasteiger partial charge in [0.1, 0.15) is 11.2 Å². The second kappa shape index (κ2) is 13.6. The van der Waals surface area contributed by atoms with Gasteiger partial charge in [0.25, 0.3) is 0 Å². The first-order valence-electron chi connectivity index (χ1n) is 19.2. The molecule has 0 aliphatic heterocycles. The summed E-state index contributed by atoms with van der Waals surface area (Å²) in [6.45, 7) is 0. The Bertz CT molecular complexity index is 3220. The molecule has 266 valence electrons. The monoisotopic (exact) mass is 727 g/mol. The van der Waals surface area contributed by atoms with Gasteiger partial charge in [0.2, 0.25) is 0 Å². The van der Waals surface area contributed by atoms with Gasteiger partial charge < -0.3 is 4.42 Å². The maximum absolute atomic E-state index is 6.61. The molecule has 0 unspecified atom stereocenters. The molecule has 0 atom stereocenters. The summed E-state index contributed by atoms with van der Waals surface area (Å²) in [5.41, 5.74) is 13.8. The molecule has 4 nitrogen and oxygen atoms in total. The molecular formula is C53H33N3O. The van der Waals surface area contributed by atoms with Crippen molar-refractivity contribution in [3.63, 3.8) is 0 Å². The fraction of sp³-hybridized carbons (Fsp3) is 0. The number of hydrogen-bond donors (Lipinski definition) is 0. The van der Waals surface area contributed by atoms with Crippen molar-refractivity contribution in [2.45, 2.75) is 0 Å². The van der Waals surface area contributed by atoms with Crippen LogP contribution in [0.1, 0.15) is 0 Å². The van der Waals surface area contributed by atoms with Crippen molar-refractivity contribution < 1.29 is 4.42 Å². The van der Waals surface area contributed by atoms with Crippen LogP contribution in [0.4, 0.5) is 0 Å². The predicted octanol–water partition coefficient (Wildman–Crippen LogP) is 14.1. The summed E-state index contributed by atoms with van der Waals surface area (Å²) in [5.74, 6) is 0.679. The van der Waals surface area contributed by atoms with E-state index in [0.29, 0.717) is 5.82 Å². The van der Waals surface area contributed by atoms with E-state index in [2.05, 4.69) is 158 Å². The van der Waals surface area contributed by atoms with Crippen molar-refractivity contribution in [3.8, 4) is 67.4 Å². The summed E-state index contributed by atoms with van der Waals surface area (Å²) in [4.78, 5) is 15.6. The van der Waals surface area contributed by atoms with Gasteiger partial charge in [-0.3, -0.25) is 0 Å². The largest absolute Gasteiger partial charge is 0.456 e. The quantitative estimate of drug-likeness (QED) is 0.160. The Balaban J connectivity index is 1.10. The summed E-state index contributed by atoms with van der Waals surface area (Å²) in [6.07, 6.45) is 0. The molecule has 0 aliphatic rings. The molecule has 0 fully saturated rings. The maximum Gasteiger partial charge on any atom is 0.160 e. The fourth-order valence-electron chi connectivity index (χ4n) is 8.20. The molecule has 3 heterocycles. The van der Waals surface area contributed by atoms with E-state index in [1.54, 1.807) is 0 Å². The van der Waals surface area contributed by atoms with Crippen molar-refractivity contribution >= 4 is 43.6 Å². The average molecular weight is 728 g/mol. The summed E-state index contributed by atoms with van der Waals surface area (Å²) >= 11 is 0. The predicted molar refractivity (Wildman–Crippen MR) is 235 cm³/mol. The first-order valence-corrected chi connectivity index (χ1v) is 19.2. The van der Waals surface area contributed by atoms with Crippen LogP contribution in [0, 0.1) is 0 Å². The zero-order valence-electron chi connectivity index (χ0n) is 30.8. The first kappa shape index (κ1) is 32.7. The highest BCUT2D eigenvalue weighted by atomic mass is 16.3. The van der Waals surface area contributed by atoms with E-state index in [1.165, 1.54) is 0 Å². The molecule has 0 saturated carbocycles. The fourth-order valence-corrected chi connectivity index (χ4v) is 8.20. The van der Waals surface area contributed by atoms with Gasteiger partial charge in [0.05, 0.1) is 22.6 Å². The van der Waals surface area contributed by atoms with E-state index >= 15 is 0 Å². The Morgan fingerprint density at radius 2 is 0.842 bits per heavy atom. The van der Waals surface area contributed by atoms with Crippen LogP contribution in [0.25, 0.3) is 111 Å². The Kier molecular flexibility index (Phi) is 7.78. The summed E-state index contributed by atoms with van der Waals surface area (Å²) in [7, 11) is 0. The van der Waals surface area contributed by atoms with E-state index in [1.807, 2.05) is 42.5 Å². The number of nitrogens with zero attached hydrogens (tertiary/aromatic N) is 3. The molecule has 3 aromatic heterocycles. The van der Waals surface area contributed by atoms with Gasteiger partial charge in [-0.05, 0) is 53.1 Å². The van der Waals surface area contributed by atoms with E-state index in [4.69, 9.17) is 19.4 Å². The molecule has 0 aliphatic carbocycles. The van der Waals surface area contributed by atoms with Crippen molar-refractivity contribution in [2.24, 2.45) is 0 Å². The topological polar surface area (TPSA) is 51.8 Å². The minimum Gasteiger partial charge on any atom is -0.456 e. The highest BCUT2D eigenvalue weighted by Gasteiger charge is 2.22. The Morgan fingerprint density at radius 1 is 0.316 bits per heavy atom. The molecule has 0 radical (unpaired) electrons. The molecule has 0 spiro atoms. The average Bonchev–Trinajstić information content (AvgIpc) is 3.67. The standard InChI is InChI=1S/C53H33N3O/c1-4-16-34(17-5-1)45-33-46(35-18-6-2-7-19-35)56-53(55-45)40-25-15-23-38(31-40)37-22-14-24-39(30-37)52-43-32-48-51(42-27-11-13-29-47(42)57-48)49(36-20-8-3-9-21-36)50(43)41-26-10-12-28-44(41)54-52/h1-33H. The van der Waals surface area contributed by atoms with Crippen LogP contribution >= 0.6 is 0 Å². The minimum absolute atomic E-state index is 0.679. The number of para-hydroxylation sites is 2. The Labute approximate surface area is 329 Å². The van der Waals surface area contributed by atoms with Crippen LogP contribution in [0.3, 0.4) is 0 Å². The van der Waals surface area contributed by atoms with Crippen molar-refractivity contribution in [2.75, 3.05) is 0 Å². The molecule has 4 heteroatoms. The first-order chi connectivity index (χ1) is 28.2. The van der Waals surface area contributed by atoms with Crippen LogP contribution < -0.4 is 0 Å². The lowest BCUT2D eigenvalue weighted by molar-refractivity contribution is 0.669. The third-order valence-corrected chi connectivity index (χ3v) is 10.8. The number of pyridine rings is 1. The molecular weight excluding hydrogens is 695 g/mol. The molecule has 57 heavy (non-hydrogen) atoms. The Hall–Kier alpha value is -7.69. The molecule has 11 rings (SSSR count). The van der Waals surface area contributed by atoms with Gasteiger partial charge in [0, 0.05) is 54.7 Å². The number of benzene rings is 8.